The zero-order chi connectivity index (χ0) is 21.3. The number of carbonyl (C=O) groups excluding carboxylic acids is 2. The summed E-state index contributed by atoms with van der Waals surface area (Å²) in [6.45, 7) is 4.01. The molecule has 0 aromatic heterocycles. The van der Waals surface area contributed by atoms with Crippen molar-refractivity contribution in [1.29, 1.82) is 0 Å². The van der Waals surface area contributed by atoms with Crippen LogP contribution in [0.4, 0.5) is 11.4 Å². The summed E-state index contributed by atoms with van der Waals surface area (Å²) in [4.78, 5) is 24.8. The van der Waals surface area contributed by atoms with Gasteiger partial charge in [-0.1, -0.05) is 31.4 Å². The van der Waals surface area contributed by atoms with Gasteiger partial charge in [0.1, 0.15) is 5.75 Å². The fourth-order valence-electron chi connectivity index (χ4n) is 3.59. The molecule has 1 aliphatic carbocycles. The third kappa shape index (κ3) is 6.79. The van der Waals surface area contributed by atoms with Crippen LogP contribution in [0.3, 0.4) is 0 Å². The summed E-state index contributed by atoms with van der Waals surface area (Å²) in [5, 5.41) is 9.06. The van der Waals surface area contributed by atoms with Crippen molar-refractivity contribution in [2.24, 2.45) is 0 Å². The van der Waals surface area contributed by atoms with Gasteiger partial charge >= 0.3 is 0 Å². The normalized spacial score (nSPS) is 14.2. The Bertz CT molecular complexity index is 860. The number of rotatable bonds is 8. The van der Waals surface area contributed by atoms with Crippen molar-refractivity contribution in [2.45, 2.75) is 58.1 Å². The van der Waals surface area contributed by atoms with E-state index in [0.29, 0.717) is 17.0 Å². The van der Waals surface area contributed by atoms with E-state index in [4.69, 9.17) is 4.74 Å². The minimum atomic E-state index is -0.172. The molecule has 0 radical (unpaired) electrons. The van der Waals surface area contributed by atoms with Crippen LogP contribution in [0, 0.1) is 0 Å². The predicted molar refractivity (Wildman–Crippen MR) is 120 cm³/mol. The van der Waals surface area contributed by atoms with Gasteiger partial charge in [0.25, 0.3) is 5.91 Å². The third-order valence-corrected chi connectivity index (χ3v) is 5.01. The van der Waals surface area contributed by atoms with E-state index in [0.717, 1.165) is 18.5 Å². The van der Waals surface area contributed by atoms with E-state index in [2.05, 4.69) is 16.0 Å². The van der Waals surface area contributed by atoms with E-state index in [-0.39, 0.29) is 30.5 Å². The third-order valence-electron chi connectivity index (χ3n) is 5.01. The van der Waals surface area contributed by atoms with E-state index in [1.165, 1.54) is 19.3 Å². The minimum absolute atomic E-state index is 0.0584. The largest absolute Gasteiger partial charge is 0.491 e. The van der Waals surface area contributed by atoms with Crippen LogP contribution < -0.4 is 20.7 Å². The molecule has 6 heteroatoms. The fraction of sp³-hybridized carbons (Fsp3) is 0.417. The van der Waals surface area contributed by atoms with E-state index < -0.39 is 0 Å². The van der Waals surface area contributed by atoms with Crippen LogP contribution in [0.1, 0.15) is 56.3 Å². The van der Waals surface area contributed by atoms with Crippen LogP contribution in [0.5, 0.6) is 5.75 Å². The first-order chi connectivity index (χ1) is 14.5. The molecule has 1 aliphatic rings. The maximum absolute atomic E-state index is 12.5. The van der Waals surface area contributed by atoms with Crippen LogP contribution in [-0.4, -0.2) is 30.5 Å². The molecule has 2 aromatic rings. The highest BCUT2D eigenvalue weighted by Crippen LogP contribution is 2.20. The van der Waals surface area contributed by atoms with Crippen molar-refractivity contribution >= 4 is 23.2 Å². The van der Waals surface area contributed by atoms with Crippen molar-refractivity contribution < 1.29 is 14.3 Å². The lowest BCUT2D eigenvalue weighted by atomic mass is 9.95. The Balaban J connectivity index is 1.51. The van der Waals surface area contributed by atoms with Crippen molar-refractivity contribution in [2.75, 3.05) is 17.2 Å². The molecule has 3 N–H and O–H groups in total. The highest BCUT2D eigenvalue weighted by atomic mass is 16.5. The van der Waals surface area contributed by atoms with Gasteiger partial charge < -0.3 is 20.7 Å². The maximum atomic E-state index is 12.5. The van der Waals surface area contributed by atoms with Crippen LogP contribution >= 0.6 is 0 Å². The fourth-order valence-corrected chi connectivity index (χ4v) is 3.59. The molecule has 0 saturated heterocycles. The maximum Gasteiger partial charge on any atom is 0.251 e. The standard InChI is InChI=1S/C24H31N3O3/c1-17(2)30-22-13-7-12-21(15-22)26-23(28)16-25-20-11-6-8-18(14-20)24(29)27-19-9-4-3-5-10-19/h6-8,11-15,17,19,25H,3-5,9-10,16H2,1-2H3,(H,26,28)(H,27,29). The molecule has 0 bridgehead atoms. The molecule has 160 valence electrons. The summed E-state index contributed by atoms with van der Waals surface area (Å²) >= 11 is 0. The summed E-state index contributed by atoms with van der Waals surface area (Å²) < 4.78 is 5.65. The number of hydrogen-bond acceptors (Lipinski definition) is 4. The van der Waals surface area contributed by atoms with Gasteiger partial charge in [-0.05, 0) is 57.0 Å². The molecule has 0 atom stereocenters. The number of anilines is 2. The summed E-state index contributed by atoms with van der Waals surface area (Å²) in [6.07, 6.45) is 5.77. The van der Waals surface area contributed by atoms with Crippen LogP contribution in [0.2, 0.25) is 0 Å². The van der Waals surface area contributed by atoms with Gasteiger partial charge in [0.15, 0.2) is 0 Å². The van der Waals surface area contributed by atoms with Gasteiger partial charge in [-0.2, -0.15) is 0 Å². The van der Waals surface area contributed by atoms with E-state index in [1.54, 1.807) is 18.2 Å². The summed E-state index contributed by atoms with van der Waals surface area (Å²) in [5.74, 6) is 0.484. The van der Waals surface area contributed by atoms with Crippen LogP contribution in [0.25, 0.3) is 0 Å². The molecule has 30 heavy (non-hydrogen) atoms. The number of ether oxygens (including phenoxy) is 1. The summed E-state index contributed by atoms with van der Waals surface area (Å²) in [7, 11) is 0. The van der Waals surface area contributed by atoms with E-state index in [1.807, 2.05) is 44.2 Å². The Morgan fingerprint density at radius 1 is 1.00 bits per heavy atom. The zero-order valence-electron chi connectivity index (χ0n) is 17.7. The topological polar surface area (TPSA) is 79.5 Å². The van der Waals surface area contributed by atoms with Gasteiger partial charge in [-0.15, -0.1) is 0 Å². The molecule has 1 fully saturated rings. The lowest BCUT2D eigenvalue weighted by molar-refractivity contribution is -0.114. The first-order valence-electron chi connectivity index (χ1n) is 10.7. The quantitative estimate of drug-likeness (QED) is 0.596. The summed E-state index contributed by atoms with van der Waals surface area (Å²) in [6, 6.07) is 14.8. The molecule has 6 nitrogen and oxygen atoms in total. The van der Waals surface area contributed by atoms with Crippen molar-refractivity contribution in [3.05, 3.63) is 54.1 Å². The smallest absolute Gasteiger partial charge is 0.251 e. The first-order valence-corrected chi connectivity index (χ1v) is 10.7. The number of amides is 2. The lowest BCUT2D eigenvalue weighted by Gasteiger charge is -2.22. The molecule has 0 heterocycles. The van der Waals surface area contributed by atoms with E-state index in [9.17, 15) is 9.59 Å². The Labute approximate surface area is 178 Å². The molecule has 2 aromatic carbocycles. The predicted octanol–water partition coefficient (Wildman–Crippen LogP) is 4.59. The molecule has 2 amide bonds. The second kappa shape index (κ2) is 10.7. The van der Waals surface area contributed by atoms with Crippen molar-refractivity contribution in [3.63, 3.8) is 0 Å². The molecule has 3 rings (SSSR count). The average Bonchev–Trinajstić information content (AvgIpc) is 2.73. The van der Waals surface area contributed by atoms with Gasteiger partial charge in [0, 0.05) is 29.0 Å². The highest BCUT2D eigenvalue weighted by Gasteiger charge is 2.16. The van der Waals surface area contributed by atoms with E-state index >= 15 is 0 Å². The molecule has 0 spiro atoms. The lowest BCUT2D eigenvalue weighted by Crippen LogP contribution is -2.36. The highest BCUT2D eigenvalue weighted by molar-refractivity contribution is 5.96. The van der Waals surface area contributed by atoms with Gasteiger partial charge in [-0.3, -0.25) is 9.59 Å². The Kier molecular flexibility index (Phi) is 7.71. The molecule has 0 unspecified atom stereocenters. The Morgan fingerprint density at radius 2 is 1.73 bits per heavy atom. The van der Waals surface area contributed by atoms with Crippen LogP contribution in [0.15, 0.2) is 48.5 Å². The molecular formula is C24H31N3O3. The second-order valence-corrected chi connectivity index (χ2v) is 7.99. The van der Waals surface area contributed by atoms with Crippen LogP contribution in [-0.2, 0) is 4.79 Å². The zero-order valence-corrected chi connectivity index (χ0v) is 17.7. The van der Waals surface area contributed by atoms with Gasteiger partial charge in [-0.25, -0.2) is 0 Å². The Hall–Kier alpha value is -3.02. The van der Waals surface area contributed by atoms with Gasteiger partial charge in [0.05, 0.1) is 12.6 Å². The van der Waals surface area contributed by atoms with Crippen molar-refractivity contribution in [3.8, 4) is 5.75 Å². The number of benzene rings is 2. The first kappa shape index (κ1) is 21.7. The molecule has 1 saturated carbocycles. The SMILES string of the molecule is CC(C)Oc1cccc(NC(=O)CNc2cccc(C(=O)NC3CCCCC3)c2)c1. The van der Waals surface area contributed by atoms with Crippen molar-refractivity contribution in [1.82, 2.24) is 5.32 Å². The number of carbonyl (C=O) groups is 2. The minimum Gasteiger partial charge on any atom is -0.491 e. The average molecular weight is 410 g/mol. The monoisotopic (exact) mass is 409 g/mol. The number of hydrogen-bond donors (Lipinski definition) is 3. The number of nitrogens with one attached hydrogen (secondary N) is 3. The summed E-state index contributed by atoms with van der Waals surface area (Å²) in [5.41, 5.74) is 2.02. The Morgan fingerprint density at radius 3 is 2.50 bits per heavy atom. The second-order valence-electron chi connectivity index (χ2n) is 7.99. The molecular weight excluding hydrogens is 378 g/mol. The van der Waals surface area contributed by atoms with Gasteiger partial charge in [0.2, 0.25) is 5.91 Å². The molecule has 0 aliphatic heterocycles.